The van der Waals surface area contributed by atoms with Gasteiger partial charge < -0.3 is 10.2 Å². The Morgan fingerprint density at radius 3 is 2.84 bits per heavy atom. The molecule has 2 aliphatic rings. The van der Waals surface area contributed by atoms with Gasteiger partial charge >= 0.3 is 0 Å². The third-order valence-electron chi connectivity index (χ3n) is 4.71. The second-order valence-corrected chi connectivity index (χ2v) is 6.33. The van der Waals surface area contributed by atoms with Crippen molar-refractivity contribution in [2.75, 3.05) is 24.5 Å². The maximum absolute atomic E-state index is 3.80. The lowest BCUT2D eigenvalue weighted by Crippen LogP contribution is -2.47. The van der Waals surface area contributed by atoms with Gasteiger partial charge in [0, 0.05) is 24.8 Å². The lowest BCUT2D eigenvalue weighted by molar-refractivity contribution is 0.280. The number of nitrogens with zero attached hydrogens (tertiary/aromatic N) is 1. The normalized spacial score (nSPS) is 24.3. The third kappa shape index (κ3) is 3.30. The molecular formula is C17H26N2. The van der Waals surface area contributed by atoms with Gasteiger partial charge in [-0.05, 0) is 62.8 Å². The van der Waals surface area contributed by atoms with Crippen molar-refractivity contribution >= 4 is 5.69 Å². The first kappa shape index (κ1) is 13.0. The van der Waals surface area contributed by atoms with Crippen LogP contribution in [0.5, 0.6) is 0 Å². The van der Waals surface area contributed by atoms with Crippen LogP contribution in [-0.2, 0) is 0 Å². The molecule has 1 heterocycles. The van der Waals surface area contributed by atoms with Crippen molar-refractivity contribution in [3.8, 4) is 0 Å². The number of piperidine rings is 1. The molecule has 0 aromatic heterocycles. The molecule has 2 nitrogen and oxygen atoms in total. The lowest BCUT2D eigenvalue weighted by atomic mass is 9.85. The molecule has 0 spiro atoms. The van der Waals surface area contributed by atoms with Crippen molar-refractivity contribution in [2.24, 2.45) is 5.92 Å². The zero-order valence-corrected chi connectivity index (χ0v) is 12.1. The van der Waals surface area contributed by atoms with E-state index in [-0.39, 0.29) is 0 Å². The van der Waals surface area contributed by atoms with Gasteiger partial charge in [-0.15, -0.1) is 0 Å². The topological polar surface area (TPSA) is 15.3 Å². The molecule has 1 aromatic rings. The smallest absolute Gasteiger partial charge is 0.0369 e. The fourth-order valence-electron chi connectivity index (χ4n) is 3.23. The number of benzene rings is 1. The highest BCUT2D eigenvalue weighted by atomic mass is 15.2. The third-order valence-corrected chi connectivity index (χ3v) is 4.71. The Balaban J connectivity index is 1.54. The van der Waals surface area contributed by atoms with Crippen LogP contribution in [0.3, 0.4) is 0 Å². The van der Waals surface area contributed by atoms with Gasteiger partial charge in [0.15, 0.2) is 0 Å². The maximum Gasteiger partial charge on any atom is 0.0369 e. The van der Waals surface area contributed by atoms with Crippen molar-refractivity contribution in [1.82, 2.24) is 5.32 Å². The number of hydrogen-bond donors (Lipinski definition) is 1. The molecule has 0 radical (unpaired) electrons. The van der Waals surface area contributed by atoms with E-state index in [2.05, 4.69) is 41.4 Å². The Labute approximate surface area is 117 Å². The van der Waals surface area contributed by atoms with Gasteiger partial charge in [-0.3, -0.25) is 0 Å². The van der Waals surface area contributed by atoms with Crippen LogP contribution in [0.4, 0.5) is 5.69 Å². The Morgan fingerprint density at radius 2 is 2.11 bits per heavy atom. The van der Waals surface area contributed by atoms with E-state index in [4.69, 9.17) is 0 Å². The minimum Gasteiger partial charge on any atom is -0.370 e. The SMILES string of the molecule is Cc1cccc(N2CCCC(NCC3CCC3)C2)c1. The first-order valence-corrected chi connectivity index (χ1v) is 7.86. The van der Waals surface area contributed by atoms with E-state index in [9.17, 15) is 0 Å². The van der Waals surface area contributed by atoms with Crippen molar-refractivity contribution in [2.45, 2.75) is 45.1 Å². The summed E-state index contributed by atoms with van der Waals surface area (Å²) in [5, 5.41) is 3.80. The predicted molar refractivity (Wildman–Crippen MR) is 81.8 cm³/mol. The Hall–Kier alpha value is -1.02. The highest BCUT2D eigenvalue weighted by molar-refractivity contribution is 5.48. The molecular weight excluding hydrogens is 232 g/mol. The van der Waals surface area contributed by atoms with Crippen molar-refractivity contribution in [3.05, 3.63) is 29.8 Å². The summed E-state index contributed by atoms with van der Waals surface area (Å²) in [6.45, 7) is 5.81. The van der Waals surface area contributed by atoms with Crippen LogP contribution >= 0.6 is 0 Å². The van der Waals surface area contributed by atoms with E-state index in [1.165, 1.54) is 63.0 Å². The molecule has 2 fully saturated rings. The van der Waals surface area contributed by atoms with Gasteiger partial charge in [-0.25, -0.2) is 0 Å². The maximum atomic E-state index is 3.80. The summed E-state index contributed by atoms with van der Waals surface area (Å²) in [6, 6.07) is 9.61. The van der Waals surface area contributed by atoms with Crippen molar-refractivity contribution in [1.29, 1.82) is 0 Å². The Kier molecular flexibility index (Phi) is 4.07. The summed E-state index contributed by atoms with van der Waals surface area (Å²) in [7, 11) is 0. The molecule has 1 N–H and O–H groups in total. The summed E-state index contributed by atoms with van der Waals surface area (Å²) in [6.07, 6.45) is 7.00. The first-order chi connectivity index (χ1) is 9.31. The van der Waals surface area contributed by atoms with E-state index in [0.29, 0.717) is 6.04 Å². The molecule has 1 saturated heterocycles. The van der Waals surface area contributed by atoms with Crippen molar-refractivity contribution in [3.63, 3.8) is 0 Å². The summed E-state index contributed by atoms with van der Waals surface area (Å²) in [4.78, 5) is 2.55. The molecule has 1 aromatic carbocycles. The highest BCUT2D eigenvalue weighted by Crippen LogP contribution is 2.26. The molecule has 1 aliphatic carbocycles. The molecule has 3 rings (SSSR count). The fraction of sp³-hybridized carbons (Fsp3) is 0.647. The number of rotatable bonds is 4. The van der Waals surface area contributed by atoms with E-state index >= 15 is 0 Å². The standard InChI is InChI=1S/C17H26N2/c1-14-5-2-9-17(11-14)19-10-4-8-16(13-19)18-12-15-6-3-7-15/h2,5,9,11,15-16,18H,3-4,6-8,10,12-13H2,1H3. The van der Waals surface area contributed by atoms with Gasteiger partial charge in [0.2, 0.25) is 0 Å². The average molecular weight is 258 g/mol. The van der Waals surface area contributed by atoms with E-state index < -0.39 is 0 Å². The zero-order chi connectivity index (χ0) is 13.1. The molecule has 1 atom stereocenters. The number of aryl methyl sites for hydroxylation is 1. The number of hydrogen-bond acceptors (Lipinski definition) is 2. The molecule has 2 heteroatoms. The van der Waals surface area contributed by atoms with Gasteiger partial charge in [-0.2, -0.15) is 0 Å². The van der Waals surface area contributed by atoms with Crippen molar-refractivity contribution < 1.29 is 0 Å². The minimum absolute atomic E-state index is 0.690. The van der Waals surface area contributed by atoms with Crippen LogP contribution in [0.1, 0.15) is 37.7 Å². The van der Waals surface area contributed by atoms with Gasteiger partial charge in [0.1, 0.15) is 0 Å². The largest absolute Gasteiger partial charge is 0.370 e. The molecule has 0 amide bonds. The van der Waals surface area contributed by atoms with Crippen LogP contribution in [0.25, 0.3) is 0 Å². The van der Waals surface area contributed by atoms with Crippen LogP contribution in [0.2, 0.25) is 0 Å². The summed E-state index contributed by atoms with van der Waals surface area (Å²) >= 11 is 0. The van der Waals surface area contributed by atoms with E-state index in [1.54, 1.807) is 0 Å². The quantitative estimate of drug-likeness (QED) is 0.891. The number of nitrogens with one attached hydrogen (secondary N) is 1. The van der Waals surface area contributed by atoms with Crippen LogP contribution in [-0.4, -0.2) is 25.7 Å². The van der Waals surface area contributed by atoms with Gasteiger partial charge in [-0.1, -0.05) is 18.6 Å². The summed E-state index contributed by atoms with van der Waals surface area (Å²) < 4.78 is 0. The summed E-state index contributed by atoms with van der Waals surface area (Å²) in [5.41, 5.74) is 2.76. The summed E-state index contributed by atoms with van der Waals surface area (Å²) in [5.74, 6) is 0.967. The molecule has 1 unspecified atom stereocenters. The fourth-order valence-corrected chi connectivity index (χ4v) is 3.23. The predicted octanol–water partition coefficient (Wildman–Crippen LogP) is 3.35. The monoisotopic (exact) mass is 258 g/mol. The molecule has 1 saturated carbocycles. The Morgan fingerprint density at radius 1 is 1.21 bits per heavy atom. The molecule has 1 aliphatic heterocycles. The molecule has 19 heavy (non-hydrogen) atoms. The zero-order valence-electron chi connectivity index (χ0n) is 12.1. The van der Waals surface area contributed by atoms with Gasteiger partial charge in [0.25, 0.3) is 0 Å². The molecule has 0 bridgehead atoms. The first-order valence-electron chi connectivity index (χ1n) is 7.86. The number of anilines is 1. The Bertz CT molecular complexity index is 411. The van der Waals surface area contributed by atoms with E-state index in [1.807, 2.05) is 0 Å². The van der Waals surface area contributed by atoms with E-state index in [0.717, 1.165) is 5.92 Å². The highest BCUT2D eigenvalue weighted by Gasteiger charge is 2.22. The van der Waals surface area contributed by atoms with Gasteiger partial charge in [0.05, 0.1) is 0 Å². The second kappa shape index (κ2) is 5.96. The van der Waals surface area contributed by atoms with Crippen LogP contribution in [0, 0.1) is 12.8 Å². The average Bonchev–Trinajstić information content (AvgIpc) is 2.37. The van der Waals surface area contributed by atoms with Crippen LogP contribution < -0.4 is 10.2 Å². The minimum atomic E-state index is 0.690. The van der Waals surface area contributed by atoms with Crippen LogP contribution in [0.15, 0.2) is 24.3 Å². The second-order valence-electron chi connectivity index (χ2n) is 6.33. The lowest BCUT2D eigenvalue weighted by Gasteiger charge is -2.36. The molecule has 104 valence electrons.